The molecule has 0 aromatic carbocycles. The molecule has 0 aliphatic carbocycles. The van der Waals surface area contributed by atoms with E-state index < -0.39 is 0 Å². The molecule has 0 radical (unpaired) electrons. The summed E-state index contributed by atoms with van der Waals surface area (Å²) in [5.74, 6) is 0.606. The topological polar surface area (TPSA) is 63.6 Å². The van der Waals surface area contributed by atoms with Gasteiger partial charge < -0.3 is 5.32 Å². The molecule has 1 unspecified atom stereocenters. The van der Waals surface area contributed by atoms with Crippen molar-refractivity contribution >= 4 is 5.95 Å². The van der Waals surface area contributed by atoms with Gasteiger partial charge in [0.1, 0.15) is 0 Å². The van der Waals surface area contributed by atoms with E-state index >= 15 is 0 Å². The molecule has 1 N–H and O–H groups in total. The molecule has 0 bridgehead atoms. The van der Waals surface area contributed by atoms with Gasteiger partial charge in [-0.25, -0.2) is 9.97 Å². The highest BCUT2D eigenvalue weighted by Gasteiger charge is 2.09. The van der Waals surface area contributed by atoms with Crippen LogP contribution in [0.5, 0.6) is 0 Å². The first-order chi connectivity index (χ1) is 11.2. The average Bonchev–Trinajstić information content (AvgIpc) is 2.58. The van der Waals surface area contributed by atoms with Crippen LogP contribution in [-0.2, 0) is 6.42 Å². The second kappa shape index (κ2) is 6.96. The molecule has 0 spiro atoms. The van der Waals surface area contributed by atoms with E-state index in [1.807, 2.05) is 36.5 Å². The molecule has 1 atom stereocenters. The van der Waals surface area contributed by atoms with E-state index in [0.717, 1.165) is 23.5 Å². The van der Waals surface area contributed by atoms with Crippen LogP contribution >= 0.6 is 0 Å². The van der Waals surface area contributed by atoms with Gasteiger partial charge in [0.15, 0.2) is 0 Å². The molecule has 23 heavy (non-hydrogen) atoms. The molecule has 0 aliphatic heterocycles. The molecule has 116 valence electrons. The van der Waals surface area contributed by atoms with Crippen molar-refractivity contribution in [3.8, 4) is 11.4 Å². The van der Waals surface area contributed by atoms with E-state index in [4.69, 9.17) is 0 Å². The standard InChI is InChI=1S/C18H19N5/c1-13-6-5-10-20-17(13)12-14(2)22-18-21-11-8-16(23-18)15-7-3-4-9-19-15/h3-11,14H,12H2,1-2H3,(H,21,22,23). The third-order valence-electron chi connectivity index (χ3n) is 3.58. The minimum absolute atomic E-state index is 0.183. The molecule has 0 aliphatic rings. The molecule has 3 heterocycles. The van der Waals surface area contributed by atoms with Crippen molar-refractivity contribution in [2.75, 3.05) is 5.32 Å². The largest absolute Gasteiger partial charge is 0.351 e. The highest BCUT2D eigenvalue weighted by molar-refractivity contribution is 5.54. The van der Waals surface area contributed by atoms with Crippen LogP contribution in [0.1, 0.15) is 18.2 Å². The fourth-order valence-corrected chi connectivity index (χ4v) is 2.38. The first-order valence-electron chi connectivity index (χ1n) is 7.64. The van der Waals surface area contributed by atoms with Gasteiger partial charge >= 0.3 is 0 Å². The summed E-state index contributed by atoms with van der Waals surface area (Å²) in [4.78, 5) is 17.6. The first-order valence-corrected chi connectivity index (χ1v) is 7.64. The second-order valence-corrected chi connectivity index (χ2v) is 5.50. The van der Waals surface area contributed by atoms with E-state index in [0.29, 0.717) is 5.95 Å². The number of pyridine rings is 2. The maximum Gasteiger partial charge on any atom is 0.223 e. The first kappa shape index (κ1) is 15.1. The van der Waals surface area contributed by atoms with E-state index in [1.165, 1.54) is 5.56 Å². The Morgan fingerprint density at radius 1 is 0.913 bits per heavy atom. The van der Waals surface area contributed by atoms with Crippen LogP contribution in [0.4, 0.5) is 5.95 Å². The molecular formula is C18H19N5. The summed E-state index contributed by atoms with van der Waals surface area (Å²) in [6, 6.07) is 11.9. The van der Waals surface area contributed by atoms with Crippen LogP contribution in [0.15, 0.2) is 55.0 Å². The Morgan fingerprint density at radius 2 is 1.78 bits per heavy atom. The van der Waals surface area contributed by atoms with Crippen LogP contribution in [0.25, 0.3) is 11.4 Å². The SMILES string of the molecule is Cc1cccnc1CC(C)Nc1nccc(-c2ccccn2)n1. The zero-order valence-electron chi connectivity index (χ0n) is 13.3. The van der Waals surface area contributed by atoms with Crippen molar-refractivity contribution in [3.05, 3.63) is 66.2 Å². The molecule has 3 aromatic rings. The number of hydrogen-bond acceptors (Lipinski definition) is 5. The summed E-state index contributed by atoms with van der Waals surface area (Å²) in [6.45, 7) is 4.18. The van der Waals surface area contributed by atoms with E-state index in [2.05, 4.69) is 45.2 Å². The predicted octanol–water partition coefficient (Wildman–Crippen LogP) is 3.29. The number of aryl methyl sites for hydroxylation is 1. The summed E-state index contributed by atoms with van der Waals surface area (Å²) in [5.41, 5.74) is 3.94. The van der Waals surface area contributed by atoms with Crippen molar-refractivity contribution in [1.29, 1.82) is 0 Å². The predicted molar refractivity (Wildman–Crippen MR) is 91.0 cm³/mol. The molecule has 3 aromatic heterocycles. The van der Waals surface area contributed by atoms with Crippen molar-refractivity contribution in [3.63, 3.8) is 0 Å². The maximum absolute atomic E-state index is 4.54. The number of hydrogen-bond donors (Lipinski definition) is 1. The molecule has 5 heteroatoms. The van der Waals surface area contributed by atoms with Crippen molar-refractivity contribution in [2.45, 2.75) is 26.3 Å². The fourth-order valence-electron chi connectivity index (χ4n) is 2.38. The van der Waals surface area contributed by atoms with Gasteiger partial charge in [0.25, 0.3) is 0 Å². The molecule has 0 amide bonds. The lowest BCUT2D eigenvalue weighted by atomic mass is 10.1. The number of nitrogens with one attached hydrogen (secondary N) is 1. The number of aromatic nitrogens is 4. The molecule has 0 saturated carbocycles. The van der Waals surface area contributed by atoms with Crippen molar-refractivity contribution in [1.82, 2.24) is 19.9 Å². The highest BCUT2D eigenvalue weighted by atomic mass is 15.1. The number of nitrogens with zero attached hydrogens (tertiary/aromatic N) is 4. The summed E-state index contributed by atoms with van der Waals surface area (Å²) in [7, 11) is 0. The Labute approximate surface area is 135 Å². The molecular weight excluding hydrogens is 286 g/mol. The molecule has 5 nitrogen and oxygen atoms in total. The maximum atomic E-state index is 4.54. The van der Waals surface area contributed by atoms with Crippen LogP contribution in [0, 0.1) is 6.92 Å². The van der Waals surface area contributed by atoms with Gasteiger partial charge in [-0.1, -0.05) is 12.1 Å². The van der Waals surface area contributed by atoms with E-state index in [-0.39, 0.29) is 6.04 Å². The van der Waals surface area contributed by atoms with Gasteiger partial charge in [0.2, 0.25) is 5.95 Å². The lowest BCUT2D eigenvalue weighted by molar-refractivity contribution is 0.754. The average molecular weight is 305 g/mol. The van der Waals surface area contributed by atoms with Crippen LogP contribution in [-0.4, -0.2) is 26.0 Å². The summed E-state index contributed by atoms with van der Waals surface area (Å²) in [5, 5.41) is 3.34. The Kier molecular flexibility index (Phi) is 4.57. The summed E-state index contributed by atoms with van der Waals surface area (Å²) < 4.78 is 0. The lowest BCUT2D eigenvalue weighted by Gasteiger charge is -2.14. The van der Waals surface area contributed by atoms with Crippen LogP contribution in [0.2, 0.25) is 0 Å². The van der Waals surface area contributed by atoms with E-state index in [1.54, 1.807) is 12.4 Å². The molecule has 3 rings (SSSR count). The summed E-state index contributed by atoms with van der Waals surface area (Å²) in [6.07, 6.45) is 6.16. The van der Waals surface area contributed by atoms with Crippen LogP contribution < -0.4 is 5.32 Å². The normalized spacial score (nSPS) is 11.9. The van der Waals surface area contributed by atoms with Gasteiger partial charge in [-0.3, -0.25) is 9.97 Å². The fraction of sp³-hybridized carbons (Fsp3) is 0.222. The van der Waals surface area contributed by atoms with Gasteiger partial charge in [-0.2, -0.15) is 0 Å². The molecule has 0 saturated heterocycles. The minimum atomic E-state index is 0.183. The Morgan fingerprint density at radius 3 is 2.57 bits per heavy atom. The van der Waals surface area contributed by atoms with Gasteiger partial charge in [-0.15, -0.1) is 0 Å². The Hall–Kier alpha value is -2.82. The van der Waals surface area contributed by atoms with Crippen LogP contribution in [0.3, 0.4) is 0 Å². The minimum Gasteiger partial charge on any atom is -0.351 e. The number of anilines is 1. The second-order valence-electron chi connectivity index (χ2n) is 5.50. The quantitative estimate of drug-likeness (QED) is 0.783. The zero-order chi connectivity index (χ0) is 16.1. The van der Waals surface area contributed by atoms with E-state index in [9.17, 15) is 0 Å². The van der Waals surface area contributed by atoms with Crippen molar-refractivity contribution < 1.29 is 0 Å². The molecule has 0 fully saturated rings. The lowest BCUT2D eigenvalue weighted by Crippen LogP contribution is -2.20. The Balaban J connectivity index is 1.72. The monoisotopic (exact) mass is 305 g/mol. The highest BCUT2D eigenvalue weighted by Crippen LogP contribution is 2.15. The third kappa shape index (κ3) is 3.88. The van der Waals surface area contributed by atoms with Gasteiger partial charge in [0.05, 0.1) is 11.4 Å². The summed E-state index contributed by atoms with van der Waals surface area (Å²) >= 11 is 0. The zero-order valence-corrected chi connectivity index (χ0v) is 13.3. The third-order valence-corrected chi connectivity index (χ3v) is 3.58. The van der Waals surface area contributed by atoms with Crippen molar-refractivity contribution in [2.24, 2.45) is 0 Å². The Bertz CT molecular complexity index is 773. The van der Waals surface area contributed by atoms with Gasteiger partial charge in [0, 0.05) is 36.7 Å². The van der Waals surface area contributed by atoms with Gasteiger partial charge in [-0.05, 0) is 43.7 Å². The number of rotatable bonds is 5. The smallest absolute Gasteiger partial charge is 0.223 e.